The van der Waals surface area contributed by atoms with Gasteiger partial charge < -0.3 is 10.2 Å². The molecule has 22 heavy (non-hydrogen) atoms. The molecule has 1 unspecified atom stereocenters. The minimum Gasteiger partial charge on any atom is -0.347 e. The zero-order valence-electron chi connectivity index (χ0n) is 12.1. The predicted octanol–water partition coefficient (Wildman–Crippen LogP) is 1.99. The monoisotopic (exact) mass is 312 g/mol. The zero-order valence-corrected chi connectivity index (χ0v) is 12.9. The number of piperidine rings is 1. The lowest BCUT2D eigenvalue weighted by molar-refractivity contribution is 0.0904. The SMILES string of the molecule is N#Cc1csc2cnc(C(=O)N[C@@H]3C[C@H]4CCN(C4)C3)cc12. The third-order valence-corrected chi connectivity index (χ3v) is 5.55. The van der Waals surface area contributed by atoms with Gasteiger partial charge in [0.05, 0.1) is 10.3 Å². The number of fused-ring (bicyclic) bond motifs is 3. The third-order valence-electron chi connectivity index (χ3n) is 4.62. The van der Waals surface area contributed by atoms with Gasteiger partial charge in [0, 0.05) is 36.1 Å². The highest BCUT2D eigenvalue weighted by Gasteiger charge is 2.33. The van der Waals surface area contributed by atoms with Crippen molar-refractivity contribution >= 4 is 27.3 Å². The fraction of sp³-hybridized carbons (Fsp3) is 0.438. The van der Waals surface area contributed by atoms with Crippen molar-refractivity contribution in [3.63, 3.8) is 0 Å². The van der Waals surface area contributed by atoms with Gasteiger partial charge in [0.2, 0.25) is 0 Å². The Balaban J connectivity index is 1.54. The smallest absolute Gasteiger partial charge is 0.270 e. The van der Waals surface area contributed by atoms with E-state index in [0.717, 1.165) is 35.5 Å². The van der Waals surface area contributed by atoms with Gasteiger partial charge in [-0.05, 0) is 31.4 Å². The number of hydrogen-bond acceptors (Lipinski definition) is 5. The van der Waals surface area contributed by atoms with E-state index in [1.54, 1.807) is 17.6 Å². The Labute approximate surface area is 132 Å². The Morgan fingerprint density at radius 3 is 3.23 bits per heavy atom. The lowest BCUT2D eigenvalue weighted by Gasteiger charge is -2.30. The molecule has 2 saturated heterocycles. The topological polar surface area (TPSA) is 69.0 Å². The molecule has 0 aromatic carbocycles. The first kappa shape index (κ1) is 13.7. The molecule has 112 valence electrons. The minimum absolute atomic E-state index is 0.135. The third kappa shape index (κ3) is 2.36. The minimum atomic E-state index is -0.135. The Kier molecular flexibility index (Phi) is 3.32. The molecule has 4 rings (SSSR count). The number of nitriles is 1. The number of pyridine rings is 1. The molecule has 2 fully saturated rings. The molecular weight excluding hydrogens is 296 g/mol. The van der Waals surface area contributed by atoms with Crippen LogP contribution in [0.3, 0.4) is 0 Å². The number of aromatic nitrogens is 1. The maximum Gasteiger partial charge on any atom is 0.270 e. The van der Waals surface area contributed by atoms with E-state index < -0.39 is 0 Å². The number of nitrogens with one attached hydrogen (secondary N) is 1. The second kappa shape index (κ2) is 5.34. The van der Waals surface area contributed by atoms with Crippen molar-refractivity contribution in [2.45, 2.75) is 18.9 Å². The summed E-state index contributed by atoms with van der Waals surface area (Å²) >= 11 is 1.48. The fourth-order valence-electron chi connectivity index (χ4n) is 3.57. The molecule has 0 spiro atoms. The maximum atomic E-state index is 12.4. The number of carbonyl (C=O) groups excluding carboxylic acids is 1. The number of thiophene rings is 1. The molecular formula is C16H16N4OS. The van der Waals surface area contributed by atoms with Crippen LogP contribution < -0.4 is 5.32 Å². The summed E-state index contributed by atoms with van der Waals surface area (Å²) in [5.41, 5.74) is 1.01. The van der Waals surface area contributed by atoms with Gasteiger partial charge in [-0.2, -0.15) is 5.26 Å². The van der Waals surface area contributed by atoms with Crippen LogP contribution >= 0.6 is 11.3 Å². The van der Waals surface area contributed by atoms with E-state index in [1.807, 2.05) is 0 Å². The zero-order chi connectivity index (χ0) is 15.1. The van der Waals surface area contributed by atoms with Crippen molar-refractivity contribution < 1.29 is 4.79 Å². The molecule has 2 aromatic heterocycles. The Bertz CT molecular complexity index is 766. The molecule has 2 aliphatic heterocycles. The first-order valence-corrected chi connectivity index (χ1v) is 8.41. The van der Waals surface area contributed by atoms with Crippen LogP contribution in [0.15, 0.2) is 17.6 Å². The molecule has 1 N–H and O–H groups in total. The van der Waals surface area contributed by atoms with Crippen LogP contribution in [-0.2, 0) is 0 Å². The Morgan fingerprint density at radius 2 is 2.41 bits per heavy atom. The molecule has 6 heteroatoms. The fourth-order valence-corrected chi connectivity index (χ4v) is 4.40. The molecule has 0 aliphatic carbocycles. The van der Waals surface area contributed by atoms with Gasteiger partial charge in [-0.15, -0.1) is 11.3 Å². The summed E-state index contributed by atoms with van der Waals surface area (Å²) in [5.74, 6) is 0.584. The molecule has 2 bridgehead atoms. The first-order chi connectivity index (χ1) is 10.7. The Morgan fingerprint density at radius 1 is 1.50 bits per heavy atom. The van der Waals surface area contributed by atoms with Crippen molar-refractivity contribution in [3.8, 4) is 6.07 Å². The van der Waals surface area contributed by atoms with Crippen LogP contribution in [0.4, 0.5) is 0 Å². The summed E-state index contributed by atoms with van der Waals surface area (Å²) in [4.78, 5) is 19.1. The second-order valence-electron chi connectivity index (χ2n) is 6.15. The van der Waals surface area contributed by atoms with E-state index in [-0.39, 0.29) is 11.9 Å². The number of nitrogens with zero attached hydrogens (tertiary/aromatic N) is 3. The molecule has 1 amide bonds. The van der Waals surface area contributed by atoms with E-state index in [0.29, 0.717) is 11.3 Å². The van der Waals surface area contributed by atoms with Gasteiger partial charge in [-0.3, -0.25) is 4.79 Å². The van der Waals surface area contributed by atoms with E-state index >= 15 is 0 Å². The van der Waals surface area contributed by atoms with Crippen LogP contribution in [0, 0.1) is 17.2 Å². The summed E-state index contributed by atoms with van der Waals surface area (Å²) in [6, 6.07) is 4.11. The van der Waals surface area contributed by atoms with Gasteiger partial charge in [0.25, 0.3) is 5.91 Å². The second-order valence-corrected chi connectivity index (χ2v) is 7.06. The van der Waals surface area contributed by atoms with Crippen molar-refractivity contribution in [2.24, 2.45) is 5.92 Å². The summed E-state index contributed by atoms with van der Waals surface area (Å²) in [6.45, 7) is 3.27. The first-order valence-electron chi connectivity index (χ1n) is 7.53. The van der Waals surface area contributed by atoms with Gasteiger partial charge >= 0.3 is 0 Å². The highest BCUT2D eigenvalue weighted by molar-refractivity contribution is 7.17. The van der Waals surface area contributed by atoms with Gasteiger partial charge in [-0.1, -0.05) is 0 Å². The van der Waals surface area contributed by atoms with Gasteiger partial charge in [0.15, 0.2) is 0 Å². The summed E-state index contributed by atoms with van der Waals surface area (Å²) in [7, 11) is 0. The van der Waals surface area contributed by atoms with Gasteiger partial charge in [-0.25, -0.2) is 4.98 Å². The van der Waals surface area contributed by atoms with Gasteiger partial charge in [0.1, 0.15) is 11.8 Å². The lowest BCUT2D eigenvalue weighted by atomic mass is 9.97. The molecule has 0 saturated carbocycles. The van der Waals surface area contributed by atoms with Crippen LogP contribution in [0.5, 0.6) is 0 Å². The number of rotatable bonds is 2. The Hall–Kier alpha value is -1.97. The van der Waals surface area contributed by atoms with Crippen LogP contribution in [-0.4, -0.2) is 41.5 Å². The van der Waals surface area contributed by atoms with Crippen molar-refractivity contribution in [1.29, 1.82) is 5.26 Å². The number of amides is 1. The quantitative estimate of drug-likeness (QED) is 0.921. The van der Waals surface area contributed by atoms with Crippen molar-refractivity contribution in [3.05, 3.63) is 28.9 Å². The number of carbonyl (C=O) groups is 1. The summed E-state index contributed by atoms with van der Waals surface area (Å²) in [6.07, 6.45) is 3.99. The molecule has 0 radical (unpaired) electrons. The van der Waals surface area contributed by atoms with Crippen LogP contribution in [0.2, 0.25) is 0 Å². The molecule has 2 aromatic rings. The van der Waals surface area contributed by atoms with Crippen molar-refractivity contribution in [1.82, 2.24) is 15.2 Å². The van der Waals surface area contributed by atoms with E-state index in [2.05, 4.69) is 21.3 Å². The molecule has 3 atom stereocenters. The molecule has 4 heterocycles. The normalized spacial score (nSPS) is 26.8. The summed E-state index contributed by atoms with van der Waals surface area (Å²) < 4.78 is 0.940. The highest BCUT2D eigenvalue weighted by Crippen LogP contribution is 2.27. The molecule has 5 nitrogen and oxygen atoms in total. The standard InChI is InChI=1S/C16H16N4OS/c17-5-11-9-22-15-6-18-14(4-13(11)15)16(21)19-12-3-10-1-2-20(7-10)8-12/h4,6,9-10,12H,1-3,7-8H2,(H,19,21)/t10-,12-/m1/s1. The van der Waals surface area contributed by atoms with Crippen LogP contribution in [0.1, 0.15) is 28.9 Å². The summed E-state index contributed by atoms with van der Waals surface area (Å²) in [5, 5.41) is 14.8. The lowest BCUT2D eigenvalue weighted by Crippen LogP contribution is -2.47. The van der Waals surface area contributed by atoms with Crippen LogP contribution in [0.25, 0.3) is 10.1 Å². The number of hydrogen-bond donors (Lipinski definition) is 1. The highest BCUT2D eigenvalue weighted by atomic mass is 32.1. The van der Waals surface area contributed by atoms with E-state index in [4.69, 9.17) is 5.26 Å². The average Bonchev–Trinajstić information content (AvgIpc) is 3.09. The van der Waals surface area contributed by atoms with E-state index in [9.17, 15) is 4.79 Å². The largest absolute Gasteiger partial charge is 0.347 e. The molecule has 2 aliphatic rings. The van der Waals surface area contributed by atoms with E-state index in [1.165, 1.54) is 24.3 Å². The average molecular weight is 312 g/mol. The maximum absolute atomic E-state index is 12.4. The predicted molar refractivity (Wildman–Crippen MR) is 84.8 cm³/mol. The van der Waals surface area contributed by atoms with Crippen molar-refractivity contribution in [2.75, 3.05) is 19.6 Å².